The van der Waals surface area contributed by atoms with E-state index in [1.807, 2.05) is 29.5 Å². The molecule has 3 aromatic rings. The first kappa shape index (κ1) is 27.7. The van der Waals surface area contributed by atoms with Gasteiger partial charge in [-0.15, -0.1) is 11.3 Å². The first-order valence-corrected chi connectivity index (χ1v) is 15.0. The monoisotopic (exact) mass is 548 g/mol. The Bertz CT molecular complexity index is 1320. The van der Waals surface area contributed by atoms with E-state index in [-0.39, 0.29) is 35.5 Å². The average molecular weight is 549 g/mol. The molecule has 1 saturated heterocycles. The number of amides is 1. The first-order valence-electron chi connectivity index (χ1n) is 14.1. The van der Waals surface area contributed by atoms with E-state index in [2.05, 4.69) is 62.0 Å². The molecule has 1 saturated carbocycles. The summed E-state index contributed by atoms with van der Waals surface area (Å²) in [5, 5.41) is 15.2. The standard InChI is InChI=1S/C31H40N4O3S/c1-19(21-9-11-23(12-10-21)29-20(2)32-18-39-29)13-27(37)26-14-25(36)17-34(26)30(38)28(22-7-6-8-22)35-16-24(15-33-35)31(3,4)5/h9-12,15-16,18-19,22,25-26,28,36H,6-8,13-14,17H2,1-5H3. The molecule has 3 heterocycles. The first-order chi connectivity index (χ1) is 18.5. The van der Waals surface area contributed by atoms with Gasteiger partial charge in [0.2, 0.25) is 5.91 Å². The molecule has 1 N–H and O–H groups in total. The minimum atomic E-state index is -0.690. The zero-order valence-corrected chi connectivity index (χ0v) is 24.4. The molecule has 1 aromatic carbocycles. The molecule has 7 nitrogen and oxygen atoms in total. The summed E-state index contributed by atoms with van der Waals surface area (Å²) < 4.78 is 1.81. The Morgan fingerprint density at radius 1 is 1.18 bits per heavy atom. The van der Waals surface area contributed by atoms with E-state index < -0.39 is 18.2 Å². The average Bonchev–Trinajstić information content (AvgIpc) is 3.60. The van der Waals surface area contributed by atoms with Crippen LogP contribution in [0.5, 0.6) is 0 Å². The van der Waals surface area contributed by atoms with E-state index in [1.165, 1.54) is 0 Å². The summed E-state index contributed by atoms with van der Waals surface area (Å²) >= 11 is 1.63. The van der Waals surface area contributed by atoms with Crippen LogP contribution in [0, 0.1) is 12.8 Å². The molecule has 1 aliphatic carbocycles. The SMILES string of the molecule is Cc1ncsc1-c1ccc(C(C)CC(=O)C2CC(O)CN2C(=O)C(C2CCC2)n2cc(C(C)(C)C)cn2)cc1. The van der Waals surface area contributed by atoms with Crippen molar-refractivity contribution in [3.8, 4) is 10.4 Å². The molecular formula is C31H40N4O3S. The number of aliphatic hydroxyl groups is 1. The van der Waals surface area contributed by atoms with Gasteiger partial charge in [-0.1, -0.05) is 58.4 Å². The van der Waals surface area contributed by atoms with Crippen LogP contribution in [0.4, 0.5) is 0 Å². The molecule has 1 aliphatic heterocycles. The summed E-state index contributed by atoms with van der Waals surface area (Å²) in [4.78, 5) is 34.8. The van der Waals surface area contributed by atoms with Crippen molar-refractivity contribution in [3.63, 3.8) is 0 Å². The maximum absolute atomic E-state index is 14.0. The van der Waals surface area contributed by atoms with Crippen LogP contribution in [-0.4, -0.2) is 55.2 Å². The minimum Gasteiger partial charge on any atom is -0.391 e. The van der Waals surface area contributed by atoms with Crippen molar-refractivity contribution in [1.29, 1.82) is 0 Å². The number of β-amino-alcohol motifs (C(OH)–C–C–N with tert-alkyl or cyclic N) is 1. The number of aliphatic hydroxyl groups excluding tert-OH is 1. The van der Waals surface area contributed by atoms with Gasteiger partial charge in [0.1, 0.15) is 6.04 Å². The van der Waals surface area contributed by atoms with E-state index in [0.29, 0.717) is 12.8 Å². The van der Waals surface area contributed by atoms with Gasteiger partial charge >= 0.3 is 0 Å². The second-order valence-electron chi connectivity index (χ2n) is 12.5. The maximum Gasteiger partial charge on any atom is 0.248 e. The van der Waals surface area contributed by atoms with E-state index in [0.717, 1.165) is 46.5 Å². The Morgan fingerprint density at radius 2 is 1.90 bits per heavy atom. The van der Waals surface area contributed by atoms with Crippen molar-refractivity contribution >= 4 is 23.0 Å². The van der Waals surface area contributed by atoms with Gasteiger partial charge in [0.25, 0.3) is 0 Å². The molecule has 208 valence electrons. The zero-order valence-electron chi connectivity index (χ0n) is 23.6. The van der Waals surface area contributed by atoms with Gasteiger partial charge in [-0.2, -0.15) is 5.10 Å². The Kier molecular flexibility index (Phi) is 7.80. The number of aromatic nitrogens is 3. The van der Waals surface area contributed by atoms with Crippen LogP contribution in [0.25, 0.3) is 10.4 Å². The Morgan fingerprint density at radius 3 is 2.46 bits per heavy atom. The fourth-order valence-corrected chi connectivity index (χ4v) is 6.61. The van der Waals surface area contributed by atoms with Gasteiger partial charge < -0.3 is 10.0 Å². The summed E-state index contributed by atoms with van der Waals surface area (Å²) in [6, 6.07) is 7.30. The Hall–Kier alpha value is -2.84. The molecule has 0 radical (unpaired) electrons. The molecule has 8 heteroatoms. The van der Waals surface area contributed by atoms with Crippen molar-refractivity contribution in [1.82, 2.24) is 19.7 Å². The van der Waals surface area contributed by atoms with Crippen LogP contribution >= 0.6 is 11.3 Å². The predicted molar refractivity (Wildman–Crippen MR) is 154 cm³/mol. The normalized spacial score (nSPS) is 21.5. The zero-order chi connectivity index (χ0) is 27.9. The summed E-state index contributed by atoms with van der Waals surface area (Å²) in [7, 11) is 0. The summed E-state index contributed by atoms with van der Waals surface area (Å²) in [6.45, 7) is 10.7. The van der Waals surface area contributed by atoms with Gasteiger partial charge in [-0.05, 0) is 53.7 Å². The summed E-state index contributed by atoms with van der Waals surface area (Å²) in [6.07, 6.45) is 6.83. The van der Waals surface area contributed by atoms with Crippen molar-refractivity contribution in [3.05, 3.63) is 59.0 Å². The molecular weight excluding hydrogens is 508 g/mol. The van der Waals surface area contributed by atoms with Crippen LogP contribution in [0.1, 0.15) is 88.6 Å². The molecule has 0 spiro atoms. The largest absolute Gasteiger partial charge is 0.391 e. The van der Waals surface area contributed by atoms with Crippen LogP contribution in [-0.2, 0) is 15.0 Å². The van der Waals surface area contributed by atoms with Gasteiger partial charge in [0.05, 0.1) is 34.4 Å². The fourth-order valence-electron chi connectivity index (χ4n) is 5.79. The number of benzene rings is 1. The smallest absolute Gasteiger partial charge is 0.248 e. The van der Waals surface area contributed by atoms with Crippen molar-refractivity contribution in [2.75, 3.05) is 6.54 Å². The molecule has 1 amide bonds. The highest BCUT2D eigenvalue weighted by Gasteiger charge is 2.45. The van der Waals surface area contributed by atoms with Crippen molar-refractivity contribution in [2.45, 2.75) is 96.2 Å². The summed E-state index contributed by atoms with van der Waals surface area (Å²) in [5.41, 5.74) is 6.10. The second kappa shape index (κ2) is 11.0. The fraction of sp³-hybridized carbons (Fsp3) is 0.548. The number of rotatable bonds is 8. The van der Waals surface area contributed by atoms with Crippen LogP contribution in [0.3, 0.4) is 0 Å². The number of likely N-dealkylation sites (tertiary alicyclic amines) is 1. The molecule has 2 aromatic heterocycles. The number of hydrogen-bond acceptors (Lipinski definition) is 6. The number of thiazole rings is 1. The molecule has 2 aliphatic rings. The lowest BCUT2D eigenvalue weighted by Gasteiger charge is -2.36. The third kappa shape index (κ3) is 5.73. The highest BCUT2D eigenvalue weighted by molar-refractivity contribution is 7.13. The van der Waals surface area contributed by atoms with Crippen molar-refractivity contribution < 1.29 is 14.7 Å². The molecule has 2 fully saturated rings. The van der Waals surface area contributed by atoms with Crippen LogP contribution < -0.4 is 0 Å². The molecule has 5 rings (SSSR count). The molecule has 0 bridgehead atoms. The predicted octanol–water partition coefficient (Wildman–Crippen LogP) is 5.68. The topological polar surface area (TPSA) is 88.3 Å². The van der Waals surface area contributed by atoms with E-state index >= 15 is 0 Å². The lowest BCUT2D eigenvalue weighted by molar-refractivity contribution is -0.143. The minimum absolute atomic E-state index is 0.00620. The van der Waals surface area contributed by atoms with Gasteiger partial charge in [0, 0.05) is 25.6 Å². The van der Waals surface area contributed by atoms with E-state index in [9.17, 15) is 14.7 Å². The second-order valence-corrected chi connectivity index (χ2v) is 13.3. The van der Waals surface area contributed by atoms with E-state index in [1.54, 1.807) is 16.2 Å². The lowest BCUT2D eigenvalue weighted by Crippen LogP contribution is -2.47. The summed E-state index contributed by atoms with van der Waals surface area (Å²) in [5.74, 6) is 0.137. The van der Waals surface area contributed by atoms with Crippen LogP contribution in [0.15, 0.2) is 42.2 Å². The maximum atomic E-state index is 14.0. The quantitative estimate of drug-likeness (QED) is 0.391. The number of aryl methyl sites for hydroxylation is 1. The van der Waals surface area contributed by atoms with Crippen LogP contribution in [0.2, 0.25) is 0 Å². The Labute approximate surface area is 235 Å². The number of carbonyl (C=O) groups is 2. The van der Waals surface area contributed by atoms with Gasteiger partial charge in [0.15, 0.2) is 5.78 Å². The molecule has 4 atom stereocenters. The molecule has 4 unspecified atom stereocenters. The number of ketones is 1. The van der Waals surface area contributed by atoms with E-state index in [4.69, 9.17) is 0 Å². The third-order valence-corrected chi connectivity index (χ3v) is 9.51. The highest BCUT2D eigenvalue weighted by atomic mass is 32.1. The van der Waals surface area contributed by atoms with Crippen molar-refractivity contribution in [2.24, 2.45) is 5.92 Å². The van der Waals surface area contributed by atoms with Gasteiger partial charge in [-0.25, -0.2) is 4.98 Å². The van der Waals surface area contributed by atoms with Gasteiger partial charge in [-0.3, -0.25) is 14.3 Å². The highest BCUT2D eigenvalue weighted by Crippen LogP contribution is 2.39. The third-order valence-electron chi connectivity index (χ3n) is 8.53. The lowest BCUT2D eigenvalue weighted by atomic mass is 9.79. The molecule has 39 heavy (non-hydrogen) atoms. The Balaban J connectivity index is 1.31. The number of hydrogen-bond donors (Lipinski definition) is 1. The number of Topliss-reactive ketones (excluding diaryl/α,β-unsaturated/α-hetero) is 1. The number of nitrogens with zero attached hydrogens (tertiary/aromatic N) is 4. The number of carbonyl (C=O) groups excluding carboxylic acids is 2.